The lowest BCUT2D eigenvalue weighted by Gasteiger charge is -2.35. The van der Waals surface area contributed by atoms with Gasteiger partial charge in [0.2, 0.25) is 0 Å². The van der Waals surface area contributed by atoms with Crippen LogP contribution in [-0.4, -0.2) is 35.1 Å². The summed E-state index contributed by atoms with van der Waals surface area (Å²) in [5.74, 6) is -1.13. The Kier molecular flexibility index (Phi) is 4.37. The molecule has 0 saturated carbocycles. The molecular formula is C15H21NO2. The van der Waals surface area contributed by atoms with Gasteiger partial charge in [-0.3, -0.25) is 9.69 Å². The van der Waals surface area contributed by atoms with E-state index in [-0.39, 0.29) is 0 Å². The van der Waals surface area contributed by atoms with E-state index in [9.17, 15) is 9.90 Å². The standard InChI is InChI=1S/C15H21NO2/c1-12-7-5-6-10-16(12)11-14(15(17)18)13-8-3-2-4-9-13/h2-4,8-9,12,14H,5-7,10-11H2,1H3,(H,17,18). The minimum absolute atomic E-state index is 0.410. The maximum Gasteiger partial charge on any atom is 0.312 e. The molecule has 18 heavy (non-hydrogen) atoms. The summed E-state index contributed by atoms with van der Waals surface area (Å²) in [6.45, 7) is 3.85. The molecule has 0 aliphatic carbocycles. The van der Waals surface area contributed by atoms with Gasteiger partial charge in [-0.1, -0.05) is 36.8 Å². The summed E-state index contributed by atoms with van der Waals surface area (Å²) in [6.07, 6.45) is 3.63. The van der Waals surface area contributed by atoms with Crippen LogP contribution < -0.4 is 0 Å². The van der Waals surface area contributed by atoms with Crippen molar-refractivity contribution in [2.45, 2.75) is 38.1 Å². The first-order valence-electron chi connectivity index (χ1n) is 6.70. The molecule has 3 nitrogen and oxygen atoms in total. The fourth-order valence-electron chi connectivity index (χ4n) is 2.67. The van der Waals surface area contributed by atoms with Crippen molar-refractivity contribution < 1.29 is 9.90 Å². The second kappa shape index (κ2) is 6.01. The van der Waals surface area contributed by atoms with Crippen LogP contribution in [-0.2, 0) is 4.79 Å². The molecule has 0 amide bonds. The highest BCUT2D eigenvalue weighted by atomic mass is 16.4. The van der Waals surface area contributed by atoms with E-state index in [1.807, 2.05) is 30.3 Å². The van der Waals surface area contributed by atoms with Crippen molar-refractivity contribution in [1.82, 2.24) is 4.90 Å². The number of carboxylic acid groups (broad SMARTS) is 1. The topological polar surface area (TPSA) is 40.5 Å². The number of hydrogen-bond donors (Lipinski definition) is 1. The first kappa shape index (κ1) is 13.1. The molecule has 1 aliphatic rings. The molecular weight excluding hydrogens is 226 g/mol. The van der Waals surface area contributed by atoms with Gasteiger partial charge in [-0.15, -0.1) is 0 Å². The number of aliphatic carboxylic acids is 1. The van der Waals surface area contributed by atoms with Crippen molar-refractivity contribution in [2.24, 2.45) is 0 Å². The number of carboxylic acids is 1. The molecule has 0 aromatic heterocycles. The summed E-state index contributed by atoms with van der Waals surface area (Å²) in [4.78, 5) is 13.8. The monoisotopic (exact) mass is 247 g/mol. The van der Waals surface area contributed by atoms with Crippen LogP contribution in [0.5, 0.6) is 0 Å². The predicted octanol–water partition coefficient (Wildman–Crippen LogP) is 2.73. The van der Waals surface area contributed by atoms with Crippen LogP contribution in [0.4, 0.5) is 0 Å². The van der Waals surface area contributed by atoms with Crippen molar-refractivity contribution in [1.29, 1.82) is 0 Å². The fourth-order valence-corrected chi connectivity index (χ4v) is 2.67. The van der Waals surface area contributed by atoms with Gasteiger partial charge < -0.3 is 5.11 Å². The zero-order valence-corrected chi connectivity index (χ0v) is 10.9. The van der Waals surface area contributed by atoms with Gasteiger partial charge in [0.1, 0.15) is 0 Å². The summed E-state index contributed by atoms with van der Waals surface area (Å²) < 4.78 is 0. The van der Waals surface area contributed by atoms with Gasteiger partial charge in [-0.05, 0) is 31.9 Å². The van der Waals surface area contributed by atoms with Crippen LogP contribution in [0.2, 0.25) is 0 Å². The van der Waals surface area contributed by atoms with E-state index >= 15 is 0 Å². The Morgan fingerprint density at radius 2 is 2.11 bits per heavy atom. The van der Waals surface area contributed by atoms with Crippen LogP contribution in [0, 0.1) is 0 Å². The number of nitrogens with zero attached hydrogens (tertiary/aromatic N) is 1. The van der Waals surface area contributed by atoms with Crippen LogP contribution in [0.25, 0.3) is 0 Å². The van der Waals surface area contributed by atoms with Crippen molar-refractivity contribution >= 4 is 5.97 Å². The summed E-state index contributed by atoms with van der Waals surface area (Å²) in [6, 6.07) is 10.1. The molecule has 0 spiro atoms. The predicted molar refractivity (Wildman–Crippen MR) is 71.7 cm³/mol. The minimum atomic E-state index is -0.723. The van der Waals surface area contributed by atoms with Crippen LogP contribution >= 0.6 is 0 Å². The van der Waals surface area contributed by atoms with E-state index in [1.165, 1.54) is 19.3 Å². The van der Waals surface area contributed by atoms with E-state index in [1.54, 1.807) is 0 Å². The Bertz CT molecular complexity index is 391. The Morgan fingerprint density at radius 3 is 2.72 bits per heavy atom. The number of carbonyl (C=O) groups is 1. The normalized spacial score (nSPS) is 22.6. The number of rotatable bonds is 4. The SMILES string of the molecule is CC1CCCCN1CC(C(=O)O)c1ccccc1. The molecule has 1 aromatic rings. The lowest BCUT2D eigenvalue weighted by molar-refractivity contribution is -0.139. The Hall–Kier alpha value is -1.35. The van der Waals surface area contributed by atoms with E-state index in [2.05, 4.69) is 11.8 Å². The lowest BCUT2D eigenvalue weighted by Crippen LogP contribution is -2.41. The second-order valence-corrected chi connectivity index (χ2v) is 5.14. The first-order valence-corrected chi connectivity index (χ1v) is 6.70. The maximum absolute atomic E-state index is 11.5. The first-order chi connectivity index (χ1) is 8.68. The van der Waals surface area contributed by atoms with Crippen molar-refractivity contribution in [2.75, 3.05) is 13.1 Å². The van der Waals surface area contributed by atoms with Gasteiger partial charge in [0.05, 0.1) is 5.92 Å². The molecule has 1 saturated heterocycles. The summed E-state index contributed by atoms with van der Waals surface area (Å²) in [5, 5.41) is 9.42. The highest BCUT2D eigenvalue weighted by Crippen LogP contribution is 2.23. The third-order valence-electron chi connectivity index (χ3n) is 3.86. The van der Waals surface area contributed by atoms with Crippen molar-refractivity contribution in [3.63, 3.8) is 0 Å². The van der Waals surface area contributed by atoms with Crippen molar-refractivity contribution in [3.05, 3.63) is 35.9 Å². The third-order valence-corrected chi connectivity index (χ3v) is 3.86. The molecule has 2 atom stereocenters. The van der Waals surface area contributed by atoms with E-state index in [0.717, 1.165) is 12.1 Å². The van der Waals surface area contributed by atoms with Gasteiger partial charge in [0.25, 0.3) is 0 Å². The third kappa shape index (κ3) is 3.10. The average molecular weight is 247 g/mol. The molecule has 1 fully saturated rings. The van der Waals surface area contributed by atoms with E-state index in [0.29, 0.717) is 12.6 Å². The quantitative estimate of drug-likeness (QED) is 0.889. The number of likely N-dealkylation sites (tertiary alicyclic amines) is 1. The molecule has 1 aliphatic heterocycles. The molecule has 0 bridgehead atoms. The minimum Gasteiger partial charge on any atom is -0.481 e. The van der Waals surface area contributed by atoms with Crippen LogP contribution in [0.3, 0.4) is 0 Å². The smallest absolute Gasteiger partial charge is 0.312 e. The largest absolute Gasteiger partial charge is 0.481 e. The van der Waals surface area contributed by atoms with Gasteiger partial charge >= 0.3 is 5.97 Å². The van der Waals surface area contributed by atoms with Gasteiger partial charge in [-0.25, -0.2) is 0 Å². The lowest BCUT2D eigenvalue weighted by atomic mass is 9.96. The zero-order chi connectivity index (χ0) is 13.0. The molecule has 98 valence electrons. The molecule has 1 heterocycles. The highest BCUT2D eigenvalue weighted by molar-refractivity contribution is 5.76. The molecule has 1 aromatic carbocycles. The molecule has 2 rings (SSSR count). The van der Waals surface area contributed by atoms with Gasteiger partial charge in [0.15, 0.2) is 0 Å². The zero-order valence-electron chi connectivity index (χ0n) is 10.9. The molecule has 0 radical (unpaired) electrons. The molecule has 3 heteroatoms. The molecule has 1 N–H and O–H groups in total. The number of hydrogen-bond acceptors (Lipinski definition) is 2. The highest BCUT2D eigenvalue weighted by Gasteiger charge is 2.26. The maximum atomic E-state index is 11.5. The van der Waals surface area contributed by atoms with Crippen molar-refractivity contribution in [3.8, 4) is 0 Å². The van der Waals surface area contributed by atoms with E-state index in [4.69, 9.17) is 0 Å². The second-order valence-electron chi connectivity index (χ2n) is 5.14. The number of piperidine rings is 1. The van der Waals surface area contributed by atoms with Gasteiger partial charge in [0, 0.05) is 12.6 Å². The van der Waals surface area contributed by atoms with Gasteiger partial charge in [-0.2, -0.15) is 0 Å². The summed E-state index contributed by atoms with van der Waals surface area (Å²) in [7, 11) is 0. The van der Waals surface area contributed by atoms with Crippen LogP contribution in [0.15, 0.2) is 30.3 Å². The Morgan fingerprint density at radius 1 is 1.39 bits per heavy atom. The average Bonchev–Trinajstić information content (AvgIpc) is 2.38. The Labute approximate surface area is 108 Å². The van der Waals surface area contributed by atoms with Crippen LogP contribution in [0.1, 0.15) is 37.7 Å². The number of benzene rings is 1. The summed E-state index contributed by atoms with van der Waals surface area (Å²) in [5.41, 5.74) is 0.905. The van der Waals surface area contributed by atoms with E-state index < -0.39 is 11.9 Å². The Balaban J connectivity index is 2.09. The fraction of sp³-hybridized carbons (Fsp3) is 0.533. The summed E-state index contributed by atoms with van der Waals surface area (Å²) >= 11 is 0. The molecule has 2 unspecified atom stereocenters.